The van der Waals surface area contributed by atoms with Crippen LogP contribution in [0, 0.1) is 13.8 Å². The molecule has 0 bridgehead atoms. The van der Waals surface area contributed by atoms with Crippen LogP contribution in [0.3, 0.4) is 0 Å². The molecule has 0 spiro atoms. The third kappa shape index (κ3) is 5.79. The Labute approximate surface area is 206 Å². The number of hydrogen-bond donors (Lipinski definition) is 3. The first kappa shape index (κ1) is 23.4. The number of carbonyl (C=O) groups is 1. The molecule has 2 heterocycles. The number of methoxy groups -OCH3 is 1. The summed E-state index contributed by atoms with van der Waals surface area (Å²) in [7, 11) is 1.65. The van der Waals surface area contributed by atoms with Crippen LogP contribution < -0.4 is 15.4 Å². The van der Waals surface area contributed by atoms with Gasteiger partial charge in [-0.05, 0) is 68.3 Å². The number of nitrogens with zero attached hydrogens (tertiary/aromatic N) is 3. The Morgan fingerprint density at radius 3 is 2.53 bits per heavy atom. The van der Waals surface area contributed by atoms with E-state index in [4.69, 9.17) is 4.74 Å². The lowest BCUT2D eigenvalue weighted by atomic mass is 10.1. The van der Waals surface area contributed by atoms with Gasteiger partial charge in [-0.2, -0.15) is 0 Å². The highest BCUT2D eigenvalue weighted by Gasteiger charge is 2.12. The molecule has 34 heavy (non-hydrogen) atoms. The van der Waals surface area contributed by atoms with E-state index in [0.717, 1.165) is 38.1 Å². The van der Waals surface area contributed by atoms with Crippen molar-refractivity contribution in [2.75, 3.05) is 19.0 Å². The number of aliphatic imine (C=N–C) groups is 1. The van der Waals surface area contributed by atoms with Crippen LogP contribution in [-0.2, 0) is 6.42 Å². The molecular formula is C25H25BrN6O2. The Morgan fingerprint density at radius 1 is 1.09 bits per heavy atom. The van der Waals surface area contributed by atoms with E-state index in [9.17, 15) is 4.79 Å². The van der Waals surface area contributed by atoms with Gasteiger partial charge in [-0.3, -0.25) is 20.4 Å². The van der Waals surface area contributed by atoms with Crippen LogP contribution in [0.25, 0.3) is 10.9 Å². The third-order valence-corrected chi connectivity index (χ3v) is 5.71. The first-order chi connectivity index (χ1) is 16.4. The molecule has 0 unspecified atom stereocenters. The number of anilines is 1. The van der Waals surface area contributed by atoms with Gasteiger partial charge in [0.2, 0.25) is 11.9 Å². The summed E-state index contributed by atoms with van der Waals surface area (Å²) in [6.45, 7) is 4.24. The second-order valence-corrected chi connectivity index (χ2v) is 8.68. The lowest BCUT2D eigenvalue weighted by Crippen LogP contribution is -2.37. The number of carbonyl (C=O) groups excluding carboxylic acids is 1. The lowest BCUT2D eigenvalue weighted by molar-refractivity contribution is 0.0977. The predicted octanol–water partition coefficient (Wildman–Crippen LogP) is 4.79. The largest absolute Gasteiger partial charge is 0.497 e. The summed E-state index contributed by atoms with van der Waals surface area (Å²) in [4.78, 5) is 29.5. The molecule has 0 atom stereocenters. The second-order valence-electron chi connectivity index (χ2n) is 7.77. The molecule has 2 aromatic heterocycles. The number of benzene rings is 2. The zero-order valence-electron chi connectivity index (χ0n) is 19.1. The van der Waals surface area contributed by atoms with Crippen LogP contribution in [0.1, 0.15) is 27.3 Å². The highest BCUT2D eigenvalue weighted by atomic mass is 79.9. The number of aryl methyl sites for hydroxylation is 2. The zero-order chi connectivity index (χ0) is 24.1. The van der Waals surface area contributed by atoms with Crippen LogP contribution in [-0.4, -0.2) is 40.5 Å². The number of aromatic amines is 1. The van der Waals surface area contributed by atoms with E-state index in [-0.39, 0.29) is 5.91 Å². The van der Waals surface area contributed by atoms with Crippen LogP contribution in [0.4, 0.5) is 5.95 Å². The zero-order valence-corrected chi connectivity index (χ0v) is 20.7. The molecule has 4 aromatic rings. The monoisotopic (exact) mass is 520 g/mol. The van der Waals surface area contributed by atoms with Gasteiger partial charge in [0.15, 0.2) is 0 Å². The average molecular weight is 521 g/mol. The van der Waals surface area contributed by atoms with Gasteiger partial charge in [-0.15, -0.1) is 0 Å². The molecule has 3 N–H and O–H groups in total. The van der Waals surface area contributed by atoms with Gasteiger partial charge in [0, 0.05) is 51.1 Å². The Balaban J connectivity index is 1.53. The van der Waals surface area contributed by atoms with Gasteiger partial charge >= 0.3 is 0 Å². The topological polar surface area (TPSA) is 104 Å². The van der Waals surface area contributed by atoms with Crippen molar-refractivity contribution in [1.29, 1.82) is 0 Å². The van der Waals surface area contributed by atoms with Gasteiger partial charge < -0.3 is 9.72 Å². The van der Waals surface area contributed by atoms with Gasteiger partial charge in [-0.25, -0.2) is 9.97 Å². The molecule has 0 fully saturated rings. The number of guanidine groups is 1. The Kier molecular flexibility index (Phi) is 7.22. The SMILES string of the molecule is COc1ccc2c(CCN=C(NC(=O)c3ccc(Br)cc3)Nc3nc(C)cc(C)n3)c[nH]c2c1. The number of rotatable bonds is 6. The quantitative estimate of drug-likeness (QED) is 0.250. The Bertz CT molecular complexity index is 1330. The summed E-state index contributed by atoms with van der Waals surface area (Å²) in [6.07, 6.45) is 2.65. The van der Waals surface area contributed by atoms with Crippen molar-refractivity contribution in [2.45, 2.75) is 20.3 Å². The number of ether oxygens (including phenoxy) is 1. The molecule has 4 rings (SSSR count). The molecule has 2 aromatic carbocycles. The van der Waals surface area contributed by atoms with E-state index in [0.29, 0.717) is 30.4 Å². The molecule has 8 nitrogen and oxygen atoms in total. The van der Waals surface area contributed by atoms with Crippen molar-refractivity contribution in [1.82, 2.24) is 20.3 Å². The maximum Gasteiger partial charge on any atom is 0.257 e. The van der Waals surface area contributed by atoms with E-state index in [1.807, 2.05) is 56.4 Å². The van der Waals surface area contributed by atoms with Crippen molar-refractivity contribution >= 4 is 44.6 Å². The van der Waals surface area contributed by atoms with Gasteiger partial charge in [0.05, 0.1) is 7.11 Å². The summed E-state index contributed by atoms with van der Waals surface area (Å²) >= 11 is 3.39. The molecule has 0 saturated heterocycles. The Morgan fingerprint density at radius 2 is 1.82 bits per heavy atom. The minimum atomic E-state index is -0.276. The summed E-state index contributed by atoms with van der Waals surface area (Å²) in [5.74, 6) is 1.20. The molecular weight excluding hydrogens is 496 g/mol. The van der Waals surface area contributed by atoms with E-state index >= 15 is 0 Å². The normalized spacial score (nSPS) is 11.5. The minimum Gasteiger partial charge on any atom is -0.497 e. The molecule has 0 aliphatic rings. The first-order valence-electron chi connectivity index (χ1n) is 10.8. The highest BCUT2D eigenvalue weighted by molar-refractivity contribution is 9.10. The van der Waals surface area contributed by atoms with Crippen molar-refractivity contribution in [3.8, 4) is 5.75 Å². The van der Waals surface area contributed by atoms with Gasteiger partial charge in [0.25, 0.3) is 5.91 Å². The number of hydrogen-bond acceptors (Lipinski definition) is 5. The van der Waals surface area contributed by atoms with Crippen LogP contribution in [0.15, 0.2) is 64.2 Å². The number of H-pyrrole nitrogens is 1. The maximum absolute atomic E-state index is 12.8. The highest BCUT2D eigenvalue weighted by Crippen LogP contribution is 2.23. The summed E-state index contributed by atoms with van der Waals surface area (Å²) in [5, 5.41) is 7.03. The number of halogens is 1. The summed E-state index contributed by atoms with van der Waals surface area (Å²) < 4.78 is 6.19. The smallest absolute Gasteiger partial charge is 0.257 e. The van der Waals surface area contributed by atoms with E-state index in [2.05, 4.69) is 46.5 Å². The number of fused-ring (bicyclic) bond motifs is 1. The van der Waals surface area contributed by atoms with Crippen LogP contribution in [0.2, 0.25) is 0 Å². The maximum atomic E-state index is 12.8. The lowest BCUT2D eigenvalue weighted by Gasteiger charge is -2.12. The third-order valence-electron chi connectivity index (χ3n) is 5.18. The fourth-order valence-electron chi connectivity index (χ4n) is 3.57. The van der Waals surface area contributed by atoms with Crippen molar-refractivity contribution < 1.29 is 9.53 Å². The second kappa shape index (κ2) is 10.5. The molecule has 1 amide bonds. The van der Waals surface area contributed by atoms with Gasteiger partial charge in [-0.1, -0.05) is 15.9 Å². The van der Waals surface area contributed by atoms with Crippen molar-refractivity contribution in [3.05, 3.63) is 81.7 Å². The molecule has 174 valence electrons. The summed E-state index contributed by atoms with van der Waals surface area (Å²) in [6, 6.07) is 14.9. The first-order valence-corrected chi connectivity index (χ1v) is 11.6. The van der Waals surface area contributed by atoms with E-state index in [1.165, 1.54) is 0 Å². The van der Waals surface area contributed by atoms with Crippen LogP contribution >= 0.6 is 15.9 Å². The fraction of sp³-hybridized carbons (Fsp3) is 0.200. The van der Waals surface area contributed by atoms with Crippen LogP contribution in [0.5, 0.6) is 5.75 Å². The standard InChI is InChI=1S/C25H25BrN6O2/c1-15-12-16(2)30-25(29-15)32-24(31-23(33)17-4-6-19(26)7-5-17)27-11-10-18-14-28-22-13-20(34-3)8-9-21(18)22/h4-9,12-14,28H,10-11H2,1-3H3,(H2,27,29,30,31,32,33). The Hall–Kier alpha value is -3.72. The number of aromatic nitrogens is 3. The average Bonchev–Trinajstić information content (AvgIpc) is 3.20. The van der Waals surface area contributed by atoms with E-state index < -0.39 is 0 Å². The number of nitrogens with one attached hydrogen (secondary N) is 3. The number of amides is 1. The van der Waals surface area contributed by atoms with Gasteiger partial charge in [0.1, 0.15) is 5.75 Å². The molecule has 0 saturated carbocycles. The minimum absolute atomic E-state index is 0.276. The molecule has 0 aliphatic heterocycles. The molecule has 0 radical (unpaired) electrons. The van der Waals surface area contributed by atoms with Crippen molar-refractivity contribution in [2.24, 2.45) is 4.99 Å². The molecule has 0 aliphatic carbocycles. The fourth-order valence-corrected chi connectivity index (χ4v) is 3.83. The van der Waals surface area contributed by atoms with E-state index in [1.54, 1.807) is 19.2 Å². The van der Waals surface area contributed by atoms with Crippen molar-refractivity contribution in [3.63, 3.8) is 0 Å². The summed E-state index contributed by atoms with van der Waals surface area (Å²) in [5.41, 5.74) is 4.29. The predicted molar refractivity (Wildman–Crippen MR) is 138 cm³/mol. The molecule has 9 heteroatoms.